The number of benzene rings is 2. The molecule has 11 heteroatoms. The number of carbonyl (C=O) groups excluding carboxylic acids is 2. The van der Waals surface area contributed by atoms with Crippen LogP contribution >= 0.6 is 23.2 Å². The molecule has 1 spiro atoms. The molecule has 0 bridgehead atoms. The molecule has 210 valence electrons. The molecule has 5 rings (SSSR count). The van der Waals surface area contributed by atoms with Crippen molar-refractivity contribution < 1.29 is 18.4 Å². The average molecular weight is 581 g/mol. The molecule has 2 aliphatic heterocycles. The zero-order valence-electron chi connectivity index (χ0n) is 22.3. The van der Waals surface area contributed by atoms with E-state index in [4.69, 9.17) is 23.2 Å². The van der Waals surface area contributed by atoms with E-state index >= 15 is 0 Å². The first-order valence-electron chi connectivity index (χ1n) is 12.5. The number of nitrogens with zero attached hydrogens (tertiary/aromatic N) is 2. The minimum atomic E-state index is -0.970. The average Bonchev–Trinajstić information content (AvgIpc) is 3.58. The molecule has 2 amide bonds. The van der Waals surface area contributed by atoms with Crippen molar-refractivity contribution in [3.63, 3.8) is 0 Å². The standard InChI is InChI=1S/C17H12Cl2F2N2O.C6H9N3O.C5H12/c18-11-3-8(1-2-13(11)20)10-6-22-7-17(10)9-4-14(21)12(19)5-15(9)23-16(17)24;10-6-8-2-4-9-3-1-7-5-9;1-5(2,3)4/h1-5,10,22H,6-7H2,(H,23,24);1,3,5-6H,2,4H2,(H,8,10);1-4H3/t10-,17?;;/m1../s1. The van der Waals surface area contributed by atoms with Gasteiger partial charge in [-0.3, -0.25) is 9.59 Å². The quantitative estimate of drug-likeness (QED) is 0.274. The van der Waals surface area contributed by atoms with Crippen LogP contribution in [0.15, 0.2) is 49.1 Å². The number of anilines is 1. The maximum Gasteiger partial charge on any atom is 0.237 e. The Balaban J connectivity index is 0.000000232. The number of nitrogens with one attached hydrogen (secondary N) is 3. The van der Waals surface area contributed by atoms with Crippen LogP contribution in [-0.4, -0.2) is 41.5 Å². The van der Waals surface area contributed by atoms with Crippen LogP contribution in [-0.2, 0) is 21.5 Å². The highest BCUT2D eigenvalue weighted by Crippen LogP contribution is 2.50. The van der Waals surface area contributed by atoms with Gasteiger partial charge in [0.1, 0.15) is 11.6 Å². The van der Waals surface area contributed by atoms with Gasteiger partial charge >= 0.3 is 0 Å². The Hall–Kier alpha value is -3.01. The van der Waals surface area contributed by atoms with Gasteiger partial charge in [-0.25, -0.2) is 13.8 Å². The van der Waals surface area contributed by atoms with E-state index in [0.717, 1.165) is 12.1 Å². The highest BCUT2D eigenvalue weighted by Gasteiger charge is 2.55. The molecule has 1 aromatic heterocycles. The molecule has 3 N–H and O–H groups in total. The third-order valence-electron chi connectivity index (χ3n) is 6.04. The summed E-state index contributed by atoms with van der Waals surface area (Å²) in [6.07, 6.45) is 5.97. The number of amides is 2. The normalized spacial score (nSPS) is 19.4. The Morgan fingerprint density at radius 3 is 2.46 bits per heavy atom. The largest absolute Gasteiger partial charge is 0.357 e. The fraction of sp³-hybridized carbons (Fsp3) is 0.393. The van der Waals surface area contributed by atoms with Crippen LogP contribution in [0, 0.1) is 17.0 Å². The van der Waals surface area contributed by atoms with Gasteiger partial charge in [-0.2, -0.15) is 0 Å². The van der Waals surface area contributed by atoms with E-state index < -0.39 is 17.0 Å². The summed E-state index contributed by atoms with van der Waals surface area (Å²) in [5.41, 5.74) is 1.32. The summed E-state index contributed by atoms with van der Waals surface area (Å²) in [5.74, 6) is -1.62. The van der Waals surface area contributed by atoms with Gasteiger partial charge in [-0.05, 0) is 40.8 Å². The number of hydrogen-bond donors (Lipinski definition) is 3. The lowest BCUT2D eigenvalue weighted by atomic mass is 9.70. The number of imidazole rings is 1. The Morgan fingerprint density at radius 1 is 1.15 bits per heavy atom. The monoisotopic (exact) mass is 579 g/mol. The molecular formula is C28H33Cl2F2N5O2. The van der Waals surface area contributed by atoms with Crippen molar-refractivity contribution in [3.8, 4) is 0 Å². The van der Waals surface area contributed by atoms with E-state index in [1.165, 1.54) is 24.3 Å². The van der Waals surface area contributed by atoms with Crippen molar-refractivity contribution in [2.75, 3.05) is 25.0 Å². The molecule has 1 unspecified atom stereocenters. The van der Waals surface area contributed by atoms with Crippen LogP contribution in [0.25, 0.3) is 0 Å². The molecule has 2 atom stereocenters. The Kier molecular flexibility index (Phi) is 10.1. The van der Waals surface area contributed by atoms with E-state index in [-0.39, 0.29) is 21.9 Å². The van der Waals surface area contributed by atoms with Crippen molar-refractivity contribution >= 4 is 41.2 Å². The van der Waals surface area contributed by atoms with Crippen LogP contribution in [0.4, 0.5) is 14.5 Å². The number of halogens is 4. The van der Waals surface area contributed by atoms with Gasteiger partial charge in [0.05, 0.1) is 21.8 Å². The molecule has 1 fully saturated rings. The predicted octanol–water partition coefficient (Wildman–Crippen LogP) is 5.53. The summed E-state index contributed by atoms with van der Waals surface area (Å²) in [6, 6.07) is 7.14. The second-order valence-electron chi connectivity index (χ2n) is 11.0. The Labute approximate surface area is 237 Å². The van der Waals surface area contributed by atoms with E-state index in [2.05, 4.69) is 48.6 Å². The van der Waals surface area contributed by atoms with Crippen molar-refractivity contribution in [2.24, 2.45) is 5.41 Å². The molecule has 1 saturated heterocycles. The lowest BCUT2D eigenvalue weighted by molar-refractivity contribution is -0.120. The number of rotatable bonds is 5. The minimum absolute atomic E-state index is 0.00420. The molecule has 0 aliphatic carbocycles. The second-order valence-corrected chi connectivity index (χ2v) is 11.8. The summed E-state index contributed by atoms with van der Waals surface area (Å²) in [5, 5.41) is 8.49. The summed E-state index contributed by atoms with van der Waals surface area (Å²) in [7, 11) is 0. The van der Waals surface area contributed by atoms with E-state index in [1.54, 1.807) is 18.6 Å². The fourth-order valence-electron chi connectivity index (χ4n) is 4.41. The highest BCUT2D eigenvalue weighted by atomic mass is 35.5. The first-order chi connectivity index (χ1) is 18.4. The third kappa shape index (κ3) is 7.56. The molecule has 0 saturated carbocycles. The van der Waals surface area contributed by atoms with Crippen LogP contribution in [0.1, 0.15) is 44.7 Å². The molecule has 3 heterocycles. The van der Waals surface area contributed by atoms with E-state index in [1.807, 2.05) is 10.8 Å². The van der Waals surface area contributed by atoms with Crippen molar-refractivity contribution in [1.82, 2.24) is 20.2 Å². The molecule has 7 nitrogen and oxygen atoms in total. The minimum Gasteiger partial charge on any atom is -0.357 e. The molecule has 0 radical (unpaired) electrons. The van der Waals surface area contributed by atoms with Gasteiger partial charge in [0.25, 0.3) is 0 Å². The van der Waals surface area contributed by atoms with Gasteiger partial charge in [-0.1, -0.05) is 57.0 Å². The zero-order chi connectivity index (χ0) is 28.8. The van der Waals surface area contributed by atoms with Crippen LogP contribution in [0.3, 0.4) is 0 Å². The van der Waals surface area contributed by atoms with Crippen molar-refractivity contribution in [1.29, 1.82) is 0 Å². The Bertz CT molecular complexity index is 1290. The van der Waals surface area contributed by atoms with E-state index in [9.17, 15) is 18.4 Å². The molecule has 3 aromatic rings. The number of carbonyl (C=O) groups is 2. The highest BCUT2D eigenvalue weighted by molar-refractivity contribution is 6.31. The fourth-order valence-corrected chi connectivity index (χ4v) is 4.76. The van der Waals surface area contributed by atoms with E-state index in [0.29, 0.717) is 42.7 Å². The second kappa shape index (κ2) is 12.9. The molecule has 2 aromatic carbocycles. The lowest BCUT2D eigenvalue weighted by Gasteiger charge is -2.29. The summed E-state index contributed by atoms with van der Waals surface area (Å²) in [4.78, 5) is 26.4. The lowest BCUT2D eigenvalue weighted by Crippen LogP contribution is -2.41. The van der Waals surface area contributed by atoms with Crippen LogP contribution in [0.5, 0.6) is 0 Å². The SMILES string of the molecule is CC(C)(C)C.O=C1Nc2cc(Cl)c(F)cc2C12CNC[C@@H]2c1ccc(F)c(Cl)c1.O=CNCCn1ccnc1. The molecular weight excluding hydrogens is 547 g/mol. The predicted molar refractivity (Wildman–Crippen MR) is 150 cm³/mol. The number of aromatic nitrogens is 2. The van der Waals surface area contributed by atoms with Gasteiger partial charge in [0, 0.05) is 50.2 Å². The summed E-state index contributed by atoms with van der Waals surface area (Å²) in [6.45, 7) is 11.0. The third-order valence-corrected chi connectivity index (χ3v) is 6.62. The van der Waals surface area contributed by atoms with Gasteiger partial charge < -0.3 is 20.5 Å². The van der Waals surface area contributed by atoms with Gasteiger partial charge in [0.2, 0.25) is 12.3 Å². The first-order valence-corrected chi connectivity index (χ1v) is 13.2. The van der Waals surface area contributed by atoms with Crippen molar-refractivity contribution in [3.05, 3.63) is 81.9 Å². The Morgan fingerprint density at radius 2 is 1.85 bits per heavy atom. The van der Waals surface area contributed by atoms with Gasteiger partial charge in [0.15, 0.2) is 0 Å². The van der Waals surface area contributed by atoms with Crippen molar-refractivity contribution in [2.45, 2.75) is 45.6 Å². The maximum atomic E-state index is 14.0. The molecule has 39 heavy (non-hydrogen) atoms. The smallest absolute Gasteiger partial charge is 0.237 e. The maximum absolute atomic E-state index is 14.0. The number of fused-ring (bicyclic) bond motifs is 2. The number of hydrogen-bond acceptors (Lipinski definition) is 4. The topological polar surface area (TPSA) is 88.0 Å². The zero-order valence-corrected chi connectivity index (χ0v) is 23.8. The summed E-state index contributed by atoms with van der Waals surface area (Å²) < 4.78 is 29.4. The summed E-state index contributed by atoms with van der Waals surface area (Å²) >= 11 is 11.7. The van der Waals surface area contributed by atoms with Crippen LogP contribution in [0.2, 0.25) is 10.0 Å². The first kappa shape index (κ1) is 30.5. The van der Waals surface area contributed by atoms with Crippen LogP contribution < -0.4 is 16.0 Å². The molecule has 2 aliphatic rings. The van der Waals surface area contributed by atoms with Gasteiger partial charge in [-0.15, -0.1) is 0 Å².